The van der Waals surface area contributed by atoms with Gasteiger partial charge in [0.25, 0.3) is 0 Å². The second-order valence-electron chi connectivity index (χ2n) is 6.07. The standard InChI is InChI=1S/C14H30N2O/c1-6-16(7-2)11-13-9-8-12(17-13)10-15-14(3,4)5/h12-13,15H,6-11H2,1-5H3. The van der Waals surface area contributed by atoms with Crippen LogP contribution in [0.25, 0.3) is 0 Å². The van der Waals surface area contributed by atoms with Crippen LogP contribution in [0.15, 0.2) is 0 Å². The maximum Gasteiger partial charge on any atom is 0.0707 e. The Morgan fingerprint density at radius 3 is 2.24 bits per heavy atom. The molecule has 0 spiro atoms. The maximum atomic E-state index is 6.09. The molecule has 0 amide bonds. The summed E-state index contributed by atoms with van der Waals surface area (Å²) in [6.45, 7) is 15.4. The monoisotopic (exact) mass is 242 g/mol. The van der Waals surface area contributed by atoms with Crippen LogP contribution in [0.2, 0.25) is 0 Å². The van der Waals surface area contributed by atoms with Crippen LogP contribution in [0.4, 0.5) is 0 Å². The largest absolute Gasteiger partial charge is 0.372 e. The minimum atomic E-state index is 0.195. The van der Waals surface area contributed by atoms with Crippen molar-refractivity contribution in [3.05, 3.63) is 0 Å². The molecule has 1 fully saturated rings. The van der Waals surface area contributed by atoms with E-state index < -0.39 is 0 Å². The fraction of sp³-hybridized carbons (Fsp3) is 1.00. The number of likely N-dealkylation sites (N-methyl/N-ethyl adjacent to an activating group) is 1. The summed E-state index contributed by atoms with van der Waals surface area (Å²) in [4.78, 5) is 2.45. The van der Waals surface area contributed by atoms with Crippen molar-refractivity contribution in [2.45, 2.75) is 65.2 Å². The van der Waals surface area contributed by atoms with Gasteiger partial charge in [0.1, 0.15) is 0 Å². The first-order valence-electron chi connectivity index (χ1n) is 7.07. The average Bonchev–Trinajstić information content (AvgIpc) is 2.70. The molecule has 0 aromatic carbocycles. The molecule has 0 radical (unpaired) electrons. The van der Waals surface area contributed by atoms with Gasteiger partial charge in [-0.15, -0.1) is 0 Å². The third-order valence-electron chi connectivity index (χ3n) is 3.41. The molecule has 102 valence electrons. The topological polar surface area (TPSA) is 24.5 Å². The fourth-order valence-electron chi connectivity index (χ4n) is 2.25. The van der Waals surface area contributed by atoms with E-state index in [2.05, 4.69) is 44.8 Å². The fourth-order valence-corrected chi connectivity index (χ4v) is 2.25. The molecule has 2 unspecified atom stereocenters. The van der Waals surface area contributed by atoms with E-state index in [-0.39, 0.29) is 5.54 Å². The molecule has 1 heterocycles. The van der Waals surface area contributed by atoms with E-state index in [0.29, 0.717) is 12.2 Å². The zero-order valence-corrected chi connectivity index (χ0v) is 12.3. The van der Waals surface area contributed by atoms with Crippen LogP contribution in [0, 0.1) is 0 Å². The Morgan fingerprint density at radius 2 is 1.71 bits per heavy atom. The molecule has 1 rings (SSSR count). The molecule has 0 aromatic rings. The Bertz CT molecular complexity index is 209. The van der Waals surface area contributed by atoms with Gasteiger partial charge in [-0.2, -0.15) is 0 Å². The molecule has 2 atom stereocenters. The zero-order chi connectivity index (χ0) is 12.9. The summed E-state index contributed by atoms with van der Waals surface area (Å²) >= 11 is 0. The quantitative estimate of drug-likeness (QED) is 0.773. The van der Waals surface area contributed by atoms with Crippen molar-refractivity contribution in [2.75, 3.05) is 26.2 Å². The van der Waals surface area contributed by atoms with Crippen molar-refractivity contribution < 1.29 is 4.74 Å². The van der Waals surface area contributed by atoms with Gasteiger partial charge in [0.05, 0.1) is 12.2 Å². The lowest BCUT2D eigenvalue weighted by Crippen LogP contribution is -2.41. The Labute approximate surface area is 107 Å². The van der Waals surface area contributed by atoms with Gasteiger partial charge < -0.3 is 15.0 Å². The molecule has 0 saturated carbocycles. The summed E-state index contributed by atoms with van der Waals surface area (Å²) < 4.78 is 6.09. The molecule has 17 heavy (non-hydrogen) atoms. The van der Waals surface area contributed by atoms with Crippen LogP contribution < -0.4 is 5.32 Å². The van der Waals surface area contributed by atoms with Crippen molar-refractivity contribution in [3.63, 3.8) is 0 Å². The number of nitrogens with one attached hydrogen (secondary N) is 1. The minimum Gasteiger partial charge on any atom is -0.372 e. The van der Waals surface area contributed by atoms with Crippen LogP contribution in [-0.4, -0.2) is 48.8 Å². The summed E-state index contributed by atoms with van der Waals surface area (Å²) in [6, 6.07) is 0. The van der Waals surface area contributed by atoms with Crippen LogP contribution >= 0.6 is 0 Å². The van der Waals surface area contributed by atoms with Gasteiger partial charge in [-0.1, -0.05) is 13.8 Å². The van der Waals surface area contributed by atoms with E-state index in [1.807, 2.05) is 0 Å². The second kappa shape index (κ2) is 6.72. The molecule has 1 aliphatic rings. The number of nitrogens with zero attached hydrogens (tertiary/aromatic N) is 1. The molecular weight excluding hydrogens is 212 g/mol. The molecule has 3 heteroatoms. The number of hydrogen-bond donors (Lipinski definition) is 1. The minimum absolute atomic E-state index is 0.195. The summed E-state index contributed by atoms with van der Waals surface area (Å²) in [5.41, 5.74) is 0.195. The highest BCUT2D eigenvalue weighted by molar-refractivity contribution is 4.80. The summed E-state index contributed by atoms with van der Waals surface area (Å²) in [5.74, 6) is 0. The van der Waals surface area contributed by atoms with Crippen molar-refractivity contribution in [3.8, 4) is 0 Å². The third kappa shape index (κ3) is 5.84. The van der Waals surface area contributed by atoms with Crippen molar-refractivity contribution in [1.82, 2.24) is 10.2 Å². The van der Waals surface area contributed by atoms with Crippen LogP contribution in [0.5, 0.6) is 0 Å². The summed E-state index contributed by atoms with van der Waals surface area (Å²) in [6.07, 6.45) is 3.28. The number of rotatable bonds is 6. The maximum absolute atomic E-state index is 6.09. The molecule has 0 aliphatic carbocycles. The molecule has 1 N–H and O–H groups in total. The van der Waals surface area contributed by atoms with Crippen molar-refractivity contribution >= 4 is 0 Å². The third-order valence-corrected chi connectivity index (χ3v) is 3.41. The second-order valence-corrected chi connectivity index (χ2v) is 6.07. The highest BCUT2D eigenvalue weighted by Crippen LogP contribution is 2.20. The lowest BCUT2D eigenvalue weighted by molar-refractivity contribution is 0.0226. The van der Waals surface area contributed by atoms with Crippen LogP contribution in [-0.2, 0) is 4.74 Å². The zero-order valence-electron chi connectivity index (χ0n) is 12.3. The van der Waals surface area contributed by atoms with Gasteiger partial charge in [-0.25, -0.2) is 0 Å². The Balaban J connectivity index is 2.23. The SMILES string of the molecule is CCN(CC)CC1CCC(CNC(C)(C)C)O1. The van der Waals surface area contributed by atoms with E-state index in [9.17, 15) is 0 Å². The predicted molar refractivity (Wildman–Crippen MR) is 73.4 cm³/mol. The molecule has 0 bridgehead atoms. The van der Waals surface area contributed by atoms with E-state index >= 15 is 0 Å². The van der Waals surface area contributed by atoms with Crippen molar-refractivity contribution in [1.29, 1.82) is 0 Å². The first-order chi connectivity index (χ1) is 7.94. The van der Waals surface area contributed by atoms with E-state index in [0.717, 1.165) is 26.2 Å². The Kier molecular flexibility index (Phi) is 5.90. The number of ether oxygens (including phenoxy) is 1. The van der Waals surface area contributed by atoms with Gasteiger partial charge in [0, 0.05) is 18.6 Å². The van der Waals surface area contributed by atoms with E-state index in [4.69, 9.17) is 4.74 Å². The Morgan fingerprint density at radius 1 is 1.12 bits per heavy atom. The molecule has 3 nitrogen and oxygen atoms in total. The normalized spacial score (nSPS) is 25.8. The predicted octanol–water partition coefficient (Wildman–Crippen LogP) is 2.26. The Hall–Kier alpha value is -0.120. The van der Waals surface area contributed by atoms with E-state index in [1.54, 1.807) is 0 Å². The first kappa shape index (κ1) is 14.9. The summed E-state index contributed by atoms with van der Waals surface area (Å²) in [7, 11) is 0. The highest BCUT2D eigenvalue weighted by Gasteiger charge is 2.26. The van der Waals surface area contributed by atoms with Crippen LogP contribution in [0.3, 0.4) is 0 Å². The van der Waals surface area contributed by atoms with Gasteiger partial charge in [-0.05, 0) is 46.7 Å². The van der Waals surface area contributed by atoms with Gasteiger partial charge in [0.2, 0.25) is 0 Å². The van der Waals surface area contributed by atoms with E-state index in [1.165, 1.54) is 12.8 Å². The first-order valence-corrected chi connectivity index (χ1v) is 7.07. The lowest BCUT2D eigenvalue weighted by atomic mass is 10.1. The average molecular weight is 242 g/mol. The smallest absolute Gasteiger partial charge is 0.0707 e. The van der Waals surface area contributed by atoms with Gasteiger partial charge in [-0.3, -0.25) is 0 Å². The summed E-state index contributed by atoms with van der Waals surface area (Å²) in [5, 5.41) is 3.53. The molecule has 1 aliphatic heterocycles. The van der Waals surface area contributed by atoms with Crippen molar-refractivity contribution in [2.24, 2.45) is 0 Å². The molecule has 1 saturated heterocycles. The van der Waals surface area contributed by atoms with Gasteiger partial charge >= 0.3 is 0 Å². The number of hydrogen-bond acceptors (Lipinski definition) is 3. The highest BCUT2D eigenvalue weighted by atomic mass is 16.5. The van der Waals surface area contributed by atoms with Crippen LogP contribution in [0.1, 0.15) is 47.5 Å². The van der Waals surface area contributed by atoms with Gasteiger partial charge in [0.15, 0.2) is 0 Å². The lowest BCUT2D eigenvalue weighted by Gasteiger charge is -2.25. The molecule has 0 aromatic heterocycles. The molecular formula is C14H30N2O.